The topological polar surface area (TPSA) is 70.6 Å². The number of hydrogen-bond acceptors (Lipinski definition) is 4. The van der Waals surface area contributed by atoms with Gasteiger partial charge in [-0.05, 0) is 29.7 Å². The number of rotatable bonds is 6. The second kappa shape index (κ2) is 7.47. The van der Waals surface area contributed by atoms with E-state index >= 15 is 0 Å². The fourth-order valence-corrected chi connectivity index (χ4v) is 2.97. The van der Waals surface area contributed by atoms with E-state index in [-0.39, 0.29) is 11.9 Å². The second-order valence-electron chi connectivity index (χ2n) is 6.00. The van der Waals surface area contributed by atoms with Crippen LogP contribution in [0.5, 0.6) is 5.75 Å². The summed E-state index contributed by atoms with van der Waals surface area (Å²) in [5.41, 5.74) is 2.12. The first-order valence-corrected chi connectivity index (χ1v) is 8.06. The van der Waals surface area contributed by atoms with Crippen molar-refractivity contribution in [3.63, 3.8) is 0 Å². The van der Waals surface area contributed by atoms with Gasteiger partial charge in [0.1, 0.15) is 11.8 Å². The first-order chi connectivity index (χ1) is 11.7. The zero-order valence-electron chi connectivity index (χ0n) is 13.6. The lowest BCUT2D eigenvalue weighted by Gasteiger charge is -2.18. The predicted molar refractivity (Wildman–Crippen MR) is 91.7 cm³/mol. The Bertz CT molecular complexity index is 673. The summed E-state index contributed by atoms with van der Waals surface area (Å²) in [6.07, 6.45) is -0.134. The maximum absolute atomic E-state index is 12.2. The Hall–Kier alpha value is -2.37. The van der Waals surface area contributed by atoms with Gasteiger partial charge in [0.25, 0.3) is 0 Å². The second-order valence-corrected chi connectivity index (χ2v) is 6.00. The number of methoxy groups -OCH3 is 1. The van der Waals surface area contributed by atoms with Crippen molar-refractivity contribution in [3.05, 3.63) is 65.7 Å². The smallest absolute Gasteiger partial charge is 0.240 e. The van der Waals surface area contributed by atoms with Crippen molar-refractivity contribution < 1.29 is 14.6 Å². The molecule has 0 unspecified atom stereocenters. The van der Waals surface area contributed by atoms with Gasteiger partial charge < -0.3 is 15.2 Å². The molecule has 1 aliphatic heterocycles. The number of carbonyl (C=O) groups is 1. The van der Waals surface area contributed by atoms with E-state index < -0.39 is 12.1 Å². The summed E-state index contributed by atoms with van der Waals surface area (Å²) in [7, 11) is 1.62. The molecule has 126 valence electrons. The fourth-order valence-electron chi connectivity index (χ4n) is 2.97. The third-order valence-electron chi connectivity index (χ3n) is 4.35. The van der Waals surface area contributed by atoms with Gasteiger partial charge in [0, 0.05) is 6.54 Å². The highest BCUT2D eigenvalue weighted by molar-refractivity contribution is 5.85. The quantitative estimate of drug-likeness (QED) is 0.747. The van der Waals surface area contributed by atoms with Crippen LogP contribution in [0.25, 0.3) is 0 Å². The number of benzene rings is 2. The maximum atomic E-state index is 12.2. The highest BCUT2D eigenvalue weighted by Crippen LogP contribution is 2.16. The number of aliphatic hydroxyl groups excluding tert-OH is 1. The molecule has 24 heavy (non-hydrogen) atoms. The molecule has 2 aromatic rings. The van der Waals surface area contributed by atoms with E-state index in [1.807, 2.05) is 54.6 Å². The zero-order chi connectivity index (χ0) is 16.9. The molecular formula is C19H22N2O3. The Balaban J connectivity index is 1.58. The molecule has 5 nitrogen and oxygen atoms in total. The maximum Gasteiger partial charge on any atom is 0.240 e. The van der Waals surface area contributed by atoms with Crippen LogP contribution in [0, 0.1) is 0 Å². The minimum absolute atomic E-state index is 0.156. The summed E-state index contributed by atoms with van der Waals surface area (Å²) in [4.78, 5) is 12.2. The van der Waals surface area contributed by atoms with E-state index in [4.69, 9.17) is 4.74 Å². The van der Waals surface area contributed by atoms with Crippen LogP contribution in [0.1, 0.15) is 11.1 Å². The molecule has 1 aliphatic rings. The van der Waals surface area contributed by atoms with Gasteiger partial charge >= 0.3 is 0 Å². The molecule has 0 bridgehead atoms. The van der Waals surface area contributed by atoms with Gasteiger partial charge in [-0.15, -0.1) is 0 Å². The van der Waals surface area contributed by atoms with Crippen molar-refractivity contribution in [2.45, 2.75) is 31.2 Å². The summed E-state index contributed by atoms with van der Waals surface area (Å²) in [5, 5.41) is 16.5. The standard InChI is InChI=1S/C19H22N2O3/c1-24-15-9-7-14(8-10-15)12-20-17-18(22)16(21-19(17)23)11-13-5-3-2-4-6-13/h2-10,16-18,20,22H,11-12H2,1H3,(H,21,23)/t16-,17+,18-/m0/s1. The van der Waals surface area contributed by atoms with Gasteiger partial charge in [-0.25, -0.2) is 0 Å². The molecule has 0 radical (unpaired) electrons. The number of hydrogen-bond donors (Lipinski definition) is 3. The third-order valence-corrected chi connectivity index (χ3v) is 4.35. The van der Waals surface area contributed by atoms with Crippen LogP contribution in [0.3, 0.4) is 0 Å². The van der Waals surface area contributed by atoms with Crippen molar-refractivity contribution in [2.24, 2.45) is 0 Å². The highest BCUT2D eigenvalue weighted by Gasteiger charge is 2.40. The normalized spacial score (nSPS) is 23.1. The van der Waals surface area contributed by atoms with Gasteiger partial charge in [0.15, 0.2) is 0 Å². The predicted octanol–water partition coefficient (Wildman–Crippen LogP) is 1.26. The Labute approximate surface area is 141 Å². The van der Waals surface area contributed by atoms with Crippen LogP contribution < -0.4 is 15.4 Å². The molecule has 1 saturated heterocycles. The molecule has 3 N–H and O–H groups in total. The van der Waals surface area contributed by atoms with Gasteiger partial charge in [0.05, 0.1) is 19.3 Å². The van der Waals surface area contributed by atoms with Crippen LogP contribution in [0.2, 0.25) is 0 Å². The zero-order valence-corrected chi connectivity index (χ0v) is 13.6. The van der Waals surface area contributed by atoms with Crippen molar-refractivity contribution in [1.29, 1.82) is 0 Å². The number of amides is 1. The van der Waals surface area contributed by atoms with Crippen molar-refractivity contribution in [2.75, 3.05) is 7.11 Å². The van der Waals surface area contributed by atoms with E-state index in [0.29, 0.717) is 13.0 Å². The molecule has 3 rings (SSSR count). The number of aliphatic hydroxyl groups is 1. The van der Waals surface area contributed by atoms with E-state index in [0.717, 1.165) is 16.9 Å². The number of carbonyl (C=O) groups excluding carboxylic acids is 1. The average Bonchev–Trinajstić information content (AvgIpc) is 2.88. The first-order valence-electron chi connectivity index (χ1n) is 8.06. The Morgan fingerprint density at radius 3 is 2.46 bits per heavy atom. The molecule has 0 spiro atoms. The Morgan fingerprint density at radius 2 is 1.79 bits per heavy atom. The van der Waals surface area contributed by atoms with Gasteiger partial charge in [0.2, 0.25) is 5.91 Å². The van der Waals surface area contributed by atoms with Crippen molar-refractivity contribution in [3.8, 4) is 5.75 Å². The summed E-state index contributed by atoms with van der Waals surface area (Å²) in [6.45, 7) is 0.511. The summed E-state index contributed by atoms with van der Waals surface area (Å²) in [6, 6.07) is 16.6. The molecule has 3 atom stereocenters. The van der Waals surface area contributed by atoms with E-state index in [1.54, 1.807) is 7.11 Å². The van der Waals surface area contributed by atoms with Gasteiger partial charge in [-0.3, -0.25) is 10.1 Å². The summed E-state index contributed by atoms with van der Waals surface area (Å²) < 4.78 is 5.13. The number of nitrogens with one attached hydrogen (secondary N) is 2. The Kier molecular flexibility index (Phi) is 5.13. The molecule has 0 saturated carbocycles. The van der Waals surface area contributed by atoms with Gasteiger partial charge in [-0.2, -0.15) is 0 Å². The molecule has 0 aliphatic carbocycles. The van der Waals surface area contributed by atoms with Crippen LogP contribution in [0.15, 0.2) is 54.6 Å². The van der Waals surface area contributed by atoms with Crippen LogP contribution in [0.4, 0.5) is 0 Å². The first kappa shape index (κ1) is 16.5. The molecule has 1 heterocycles. The molecular weight excluding hydrogens is 304 g/mol. The highest BCUT2D eigenvalue weighted by atomic mass is 16.5. The lowest BCUT2D eigenvalue weighted by atomic mass is 10.0. The molecule has 2 aromatic carbocycles. The average molecular weight is 326 g/mol. The molecule has 0 aromatic heterocycles. The van der Waals surface area contributed by atoms with E-state index in [2.05, 4.69) is 10.6 Å². The monoisotopic (exact) mass is 326 g/mol. The fraction of sp³-hybridized carbons (Fsp3) is 0.316. The lowest BCUT2D eigenvalue weighted by Crippen LogP contribution is -2.43. The summed E-state index contributed by atoms with van der Waals surface area (Å²) in [5.74, 6) is 0.636. The van der Waals surface area contributed by atoms with Crippen molar-refractivity contribution >= 4 is 5.91 Å². The van der Waals surface area contributed by atoms with Crippen LogP contribution >= 0.6 is 0 Å². The van der Waals surface area contributed by atoms with E-state index in [9.17, 15) is 9.90 Å². The van der Waals surface area contributed by atoms with Gasteiger partial charge in [-0.1, -0.05) is 42.5 Å². The SMILES string of the molecule is COc1ccc(CN[C@H]2C(=O)N[C@@H](Cc3ccccc3)[C@@H]2O)cc1. The lowest BCUT2D eigenvalue weighted by molar-refractivity contribution is -0.121. The molecule has 1 fully saturated rings. The van der Waals surface area contributed by atoms with Crippen LogP contribution in [-0.4, -0.2) is 36.3 Å². The van der Waals surface area contributed by atoms with Crippen LogP contribution in [-0.2, 0) is 17.8 Å². The third kappa shape index (κ3) is 3.75. The largest absolute Gasteiger partial charge is 0.497 e. The number of ether oxygens (including phenoxy) is 1. The van der Waals surface area contributed by atoms with Crippen molar-refractivity contribution in [1.82, 2.24) is 10.6 Å². The molecule has 1 amide bonds. The van der Waals surface area contributed by atoms with E-state index in [1.165, 1.54) is 0 Å². The minimum atomic E-state index is -0.754. The molecule has 5 heteroatoms. The Morgan fingerprint density at radius 1 is 1.08 bits per heavy atom. The minimum Gasteiger partial charge on any atom is -0.497 e. The summed E-state index contributed by atoms with van der Waals surface area (Å²) >= 11 is 0.